The lowest BCUT2D eigenvalue weighted by Crippen LogP contribution is -2.73. The summed E-state index contributed by atoms with van der Waals surface area (Å²) < 4.78 is 7.48. The fourth-order valence-corrected chi connectivity index (χ4v) is 14.3. The number of benzene rings is 3. The van der Waals surface area contributed by atoms with Crippen molar-refractivity contribution in [2.24, 2.45) is 5.92 Å². The van der Waals surface area contributed by atoms with Gasteiger partial charge in [-0.1, -0.05) is 76.9 Å². The second-order valence-corrected chi connectivity index (χ2v) is 19.5. The van der Waals surface area contributed by atoms with Crippen molar-refractivity contribution in [2.45, 2.75) is 148 Å². The van der Waals surface area contributed by atoms with Crippen molar-refractivity contribution in [3.63, 3.8) is 0 Å². The molecule has 0 radical (unpaired) electrons. The Morgan fingerprint density at radius 3 is 2.27 bits per heavy atom. The Morgan fingerprint density at radius 1 is 0.808 bits per heavy atom. The third kappa shape index (κ3) is 3.83. The van der Waals surface area contributed by atoms with E-state index in [-0.39, 0.29) is 11.1 Å². The zero-order valence-electron chi connectivity index (χ0n) is 32.4. The predicted octanol–water partition coefficient (Wildman–Crippen LogP) is 11.6. The highest BCUT2D eigenvalue weighted by molar-refractivity contribution is 7.22. The minimum atomic E-state index is -0.0430. The van der Waals surface area contributed by atoms with Crippen LogP contribution in [0.25, 0.3) is 42.7 Å². The van der Waals surface area contributed by atoms with E-state index < -0.39 is 0 Å². The Hall–Kier alpha value is -3.50. The van der Waals surface area contributed by atoms with Gasteiger partial charge in [0.1, 0.15) is 18.0 Å². The number of rotatable bonds is 3. The molecular formula is C48H55N3S+2. The minimum absolute atomic E-state index is 0.000522. The van der Waals surface area contributed by atoms with Crippen molar-refractivity contribution in [1.29, 1.82) is 0 Å². The Labute approximate surface area is 314 Å². The van der Waals surface area contributed by atoms with Crippen LogP contribution in [0.2, 0.25) is 0 Å². The van der Waals surface area contributed by atoms with Gasteiger partial charge in [0.15, 0.2) is 0 Å². The molecule has 0 saturated heterocycles. The Kier molecular flexibility index (Phi) is 6.64. The highest BCUT2D eigenvalue weighted by atomic mass is 32.1. The van der Waals surface area contributed by atoms with Crippen LogP contribution >= 0.6 is 11.3 Å². The first kappa shape index (κ1) is 32.0. The number of aromatic nitrogens is 1. The van der Waals surface area contributed by atoms with E-state index in [0.29, 0.717) is 30.0 Å². The summed E-state index contributed by atoms with van der Waals surface area (Å²) in [5.74, 6) is 2.65. The summed E-state index contributed by atoms with van der Waals surface area (Å²) in [6, 6.07) is 23.7. The summed E-state index contributed by atoms with van der Waals surface area (Å²) in [5, 5.41) is 2.92. The van der Waals surface area contributed by atoms with Gasteiger partial charge in [-0.3, -0.25) is 0 Å². The Morgan fingerprint density at radius 2 is 1.52 bits per heavy atom. The van der Waals surface area contributed by atoms with Gasteiger partial charge in [-0.25, -0.2) is 9.48 Å². The van der Waals surface area contributed by atoms with Crippen LogP contribution in [0.15, 0.2) is 54.6 Å². The lowest BCUT2D eigenvalue weighted by Gasteiger charge is -2.48. The molecule has 4 heterocycles. The molecule has 0 amide bonds. The maximum atomic E-state index is 3.11. The van der Waals surface area contributed by atoms with Crippen LogP contribution in [0, 0.1) is 26.7 Å². The summed E-state index contributed by atoms with van der Waals surface area (Å²) in [7, 11) is 0. The highest BCUT2D eigenvalue weighted by Crippen LogP contribution is 2.73. The zero-order valence-corrected chi connectivity index (χ0v) is 33.2. The normalized spacial score (nSPS) is 26.1. The molecule has 3 nitrogen and oxygen atoms in total. The number of thiophene rings is 1. The summed E-state index contributed by atoms with van der Waals surface area (Å²) in [4.78, 5) is 4.63. The molecule has 2 aromatic heterocycles. The maximum absolute atomic E-state index is 3.11. The first-order valence-corrected chi connectivity index (χ1v) is 21.6. The van der Waals surface area contributed by atoms with Crippen molar-refractivity contribution >= 4 is 38.2 Å². The smallest absolute Gasteiger partial charge is 0.213 e. The van der Waals surface area contributed by atoms with Crippen LogP contribution in [0.5, 0.6) is 0 Å². The Balaban J connectivity index is 1.26. The van der Waals surface area contributed by atoms with Gasteiger partial charge < -0.3 is 0 Å². The standard InChI is InChI=1S/C48H55N3S/c1-27(2)46-50(31-16-10-8-11-17-31)48(51(46)32-18-12-9-13-19-32)43-34-22-23-35-41(44-42(47(35,6)7)33-20-14-15-21-38(33)52-44)40(34)37-26-30(5)39-29(4)24-28(3)25-36(39)49(37)45(43)48/h14-15,20-27,31-32,43,45H,8-13,16-19H2,1-7H3/q+2. The molecule has 3 saturated carbocycles. The van der Waals surface area contributed by atoms with Crippen molar-refractivity contribution in [2.75, 3.05) is 0 Å². The molecule has 266 valence electrons. The third-order valence-corrected chi connectivity index (χ3v) is 15.9. The molecule has 3 fully saturated rings. The van der Waals surface area contributed by atoms with Gasteiger partial charge >= 0.3 is 5.66 Å². The maximum Gasteiger partial charge on any atom is 0.321 e. The van der Waals surface area contributed by atoms with Gasteiger partial charge in [0, 0.05) is 32.7 Å². The van der Waals surface area contributed by atoms with Gasteiger partial charge in [0.25, 0.3) is 11.9 Å². The molecule has 3 aromatic carbocycles. The lowest BCUT2D eigenvalue weighted by atomic mass is 9.79. The van der Waals surface area contributed by atoms with E-state index in [1.54, 1.807) is 22.5 Å². The molecule has 3 atom stereocenters. The molecule has 52 heavy (non-hydrogen) atoms. The average molecular weight is 706 g/mol. The molecule has 0 N–H and O–H groups in total. The number of nitrogens with zero attached hydrogens (tertiary/aromatic N) is 3. The highest BCUT2D eigenvalue weighted by Gasteiger charge is 2.93. The van der Waals surface area contributed by atoms with Crippen LogP contribution in [-0.2, 0) is 5.41 Å². The topological polar surface area (TPSA) is 10.1 Å². The van der Waals surface area contributed by atoms with E-state index in [1.807, 2.05) is 11.3 Å². The molecule has 2 aliphatic heterocycles. The summed E-state index contributed by atoms with van der Waals surface area (Å²) in [5.41, 5.74) is 14.9. The monoisotopic (exact) mass is 705 g/mol. The fraction of sp³-hybridized carbons (Fsp3) is 0.500. The van der Waals surface area contributed by atoms with E-state index in [0.717, 1.165) is 0 Å². The van der Waals surface area contributed by atoms with Crippen molar-refractivity contribution in [1.82, 2.24) is 4.90 Å². The molecule has 0 bridgehead atoms. The third-order valence-electron chi connectivity index (χ3n) is 14.7. The number of pyridine rings is 1. The van der Waals surface area contributed by atoms with Gasteiger partial charge in [0.05, 0.1) is 16.9 Å². The number of hydrogen-bond acceptors (Lipinski definition) is 2. The van der Waals surface area contributed by atoms with Crippen LogP contribution in [-0.4, -0.2) is 33.1 Å². The Bertz CT molecular complexity index is 2400. The molecule has 5 aromatic rings. The molecule has 11 rings (SSSR count). The lowest BCUT2D eigenvalue weighted by molar-refractivity contribution is -0.746. The van der Waals surface area contributed by atoms with Crippen molar-refractivity contribution < 1.29 is 9.14 Å². The summed E-state index contributed by atoms with van der Waals surface area (Å²) >= 11 is 2.04. The molecule has 4 heteroatoms. The van der Waals surface area contributed by atoms with Crippen LogP contribution in [0.3, 0.4) is 0 Å². The van der Waals surface area contributed by atoms with Crippen LogP contribution in [0.1, 0.15) is 137 Å². The molecule has 1 spiro atoms. The molecule has 6 aliphatic rings. The van der Waals surface area contributed by atoms with E-state index in [9.17, 15) is 0 Å². The summed E-state index contributed by atoms with van der Waals surface area (Å²) in [6.07, 6.45) is 13.7. The van der Waals surface area contributed by atoms with Crippen LogP contribution < -0.4 is 4.57 Å². The van der Waals surface area contributed by atoms with Crippen molar-refractivity contribution in [3.05, 3.63) is 88.0 Å². The number of hydrogen-bond donors (Lipinski definition) is 0. The van der Waals surface area contributed by atoms with Crippen LogP contribution in [0.4, 0.5) is 0 Å². The molecule has 3 unspecified atom stereocenters. The average Bonchev–Trinajstić information content (AvgIpc) is 3.59. The largest absolute Gasteiger partial charge is 0.321 e. The number of aryl methyl sites for hydroxylation is 3. The fourth-order valence-electron chi connectivity index (χ4n) is 12.9. The van der Waals surface area contributed by atoms with Gasteiger partial charge in [-0.2, -0.15) is 4.57 Å². The number of fused-ring (bicyclic) bond motifs is 16. The van der Waals surface area contributed by atoms with E-state index in [4.69, 9.17) is 0 Å². The zero-order chi connectivity index (χ0) is 35.4. The van der Waals surface area contributed by atoms with Crippen molar-refractivity contribution in [3.8, 4) is 21.7 Å². The van der Waals surface area contributed by atoms with E-state index in [1.165, 1.54) is 124 Å². The van der Waals surface area contributed by atoms with Gasteiger partial charge in [-0.05, 0) is 117 Å². The van der Waals surface area contributed by atoms with Gasteiger partial charge in [0.2, 0.25) is 11.2 Å². The predicted molar refractivity (Wildman–Crippen MR) is 217 cm³/mol. The molecule has 4 aliphatic carbocycles. The van der Waals surface area contributed by atoms with Gasteiger partial charge in [-0.15, -0.1) is 11.3 Å². The minimum Gasteiger partial charge on any atom is -0.213 e. The second kappa shape index (κ2) is 10.8. The quantitative estimate of drug-likeness (QED) is 0.170. The SMILES string of the molecule is Cc1cc(C)c2c(C)cc3[n+](c2c1)C1C(c2ccc4c(c2-3)-c2sc3ccccc3c2C4(C)C)C12N(C1CCCCC1)C(C(C)C)=[N+]2C1CCCCC1. The molecular weight excluding hydrogens is 651 g/mol. The van der Waals surface area contributed by atoms with E-state index in [2.05, 4.69) is 117 Å². The second-order valence-electron chi connectivity index (χ2n) is 18.5. The first-order valence-electron chi connectivity index (χ1n) is 20.8. The summed E-state index contributed by atoms with van der Waals surface area (Å²) in [6.45, 7) is 17.0. The van der Waals surface area contributed by atoms with E-state index >= 15 is 0 Å². The first-order chi connectivity index (χ1) is 25.2. The number of amidine groups is 1.